The Balaban J connectivity index is 0.000000257. The van der Waals surface area contributed by atoms with Crippen LogP contribution >= 0.6 is 12.2 Å². The zero-order valence-electron chi connectivity index (χ0n) is 20.6. The van der Waals surface area contributed by atoms with Crippen LogP contribution in [0.3, 0.4) is 0 Å². The number of aryl methyl sites for hydroxylation is 2. The van der Waals surface area contributed by atoms with Gasteiger partial charge in [0.1, 0.15) is 0 Å². The number of nitrogens with one attached hydrogen (secondary N) is 2. The van der Waals surface area contributed by atoms with Crippen LogP contribution < -0.4 is 10.6 Å². The highest BCUT2D eigenvalue weighted by Crippen LogP contribution is 2.29. The Hall–Kier alpha value is -2.93. The van der Waals surface area contributed by atoms with Crippen LogP contribution in [-0.2, 0) is 6.18 Å². The standard InChI is InChI=1S/C10H13N.C9H15N.C8H6F3NS/c1-8-5-4-6-9(2)10(8)7-11-3;1-9(2)6-4-8(10-3)5-7-9;9-8(10,11)6-1-3-7(4-2-6)12-5-13/h4-7H,1-3H3;4-6,10H,7H2,1-3H3;1-5H,(H,12,13). The Morgan fingerprint density at radius 1 is 1.03 bits per heavy atom. The lowest BCUT2D eigenvalue weighted by Gasteiger charge is -2.22. The Morgan fingerprint density at radius 3 is 2.03 bits per heavy atom. The van der Waals surface area contributed by atoms with Crippen LogP contribution in [0.15, 0.2) is 71.4 Å². The topological polar surface area (TPSA) is 36.4 Å². The second-order valence-electron chi connectivity index (χ2n) is 8.47. The van der Waals surface area contributed by atoms with E-state index in [4.69, 9.17) is 0 Å². The number of hydrogen-bond donors (Lipinski definition) is 2. The van der Waals surface area contributed by atoms with Gasteiger partial charge in [-0.1, -0.05) is 56.4 Å². The van der Waals surface area contributed by atoms with Crippen LogP contribution in [0, 0.1) is 19.3 Å². The molecule has 0 aromatic heterocycles. The van der Waals surface area contributed by atoms with Crippen molar-refractivity contribution < 1.29 is 13.2 Å². The minimum Gasteiger partial charge on any atom is -0.388 e. The van der Waals surface area contributed by atoms with Gasteiger partial charge in [0.15, 0.2) is 0 Å². The second-order valence-corrected chi connectivity index (χ2v) is 8.70. The van der Waals surface area contributed by atoms with Crippen molar-refractivity contribution >= 4 is 29.6 Å². The zero-order chi connectivity index (χ0) is 25.8. The third-order valence-electron chi connectivity index (χ3n) is 5.09. The van der Waals surface area contributed by atoms with Gasteiger partial charge in [0.25, 0.3) is 0 Å². The summed E-state index contributed by atoms with van der Waals surface area (Å²) in [6, 6.07) is 10.9. The minimum absolute atomic E-state index is 0.361. The summed E-state index contributed by atoms with van der Waals surface area (Å²) in [4.78, 5) is 4.00. The van der Waals surface area contributed by atoms with E-state index in [2.05, 4.69) is 92.0 Å². The lowest BCUT2D eigenvalue weighted by Crippen LogP contribution is -2.13. The number of hydrogen-bond acceptors (Lipinski definition) is 3. The highest BCUT2D eigenvalue weighted by molar-refractivity contribution is 7.79. The predicted molar refractivity (Wildman–Crippen MR) is 143 cm³/mol. The average molecular weight is 490 g/mol. The minimum atomic E-state index is -4.28. The van der Waals surface area contributed by atoms with Crippen molar-refractivity contribution in [2.75, 3.05) is 19.4 Å². The molecular formula is C27H34F3N3S. The molecule has 34 heavy (non-hydrogen) atoms. The molecule has 0 unspecified atom stereocenters. The normalized spacial score (nSPS) is 14.2. The number of nitrogens with zero attached hydrogens (tertiary/aromatic N) is 1. The number of benzene rings is 2. The van der Waals surface area contributed by atoms with Crippen molar-refractivity contribution in [1.29, 1.82) is 0 Å². The Labute approximate surface area is 206 Å². The number of allylic oxidation sites excluding steroid dienone is 3. The number of alkyl halides is 3. The first kappa shape index (κ1) is 29.1. The molecule has 2 N–H and O–H groups in total. The van der Waals surface area contributed by atoms with Crippen LogP contribution in [0.1, 0.15) is 42.5 Å². The summed E-state index contributed by atoms with van der Waals surface area (Å²) in [7, 11) is 3.75. The summed E-state index contributed by atoms with van der Waals surface area (Å²) in [6.07, 6.45) is 5.39. The van der Waals surface area contributed by atoms with Gasteiger partial charge in [0.05, 0.1) is 11.1 Å². The molecule has 0 amide bonds. The van der Waals surface area contributed by atoms with E-state index >= 15 is 0 Å². The molecule has 1 aliphatic rings. The van der Waals surface area contributed by atoms with E-state index in [1.807, 2.05) is 13.3 Å². The van der Waals surface area contributed by atoms with Gasteiger partial charge in [-0.3, -0.25) is 4.99 Å². The van der Waals surface area contributed by atoms with Crippen molar-refractivity contribution in [2.24, 2.45) is 10.4 Å². The number of halogens is 3. The van der Waals surface area contributed by atoms with Crippen LogP contribution in [0.4, 0.5) is 18.9 Å². The van der Waals surface area contributed by atoms with E-state index in [9.17, 15) is 13.2 Å². The zero-order valence-corrected chi connectivity index (χ0v) is 21.4. The quantitative estimate of drug-likeness (QED) is 0.345. The molecule has 2 aromatic carbocycles. The largest absolute Gasteiger partial charge is 0.416 e. The molecule has 3 rings (SSSR count). The van der Waals surface area contributed by atoms with Crippen molar-refractivity contribution in [1.82, 2.24) is 5.32 Å². The molecule has 0 spiro atoms. The molecule has 7 heteroatoms. The maximum absolute atomic E-state index is 12.1. The summed E-state index contributed by atoms with van der Waals surface area (Å²) in [5, 5.41) is 5.72. The van der Waals surface area contributed by atoms with Gasteiger partial charge in [-0.15, -0.1) is 0 Å². The Morgan fingerprint density at radius 2 is 1.62 bits per heavy atom. The molecule has 0 fully saturated rings. The van der Waals surface area contributed by atoms with Crippen molar-refractivity contribution in [3.05, 3.63) is 88.6 Å². The summed E-state index contributed by atoms with van der Waals surface area (Å²) in [6.45, 7) is 8.69. The molecule has 2 aromatic rings. The Kier molecular flexibility index (Phi) is 11.7. The number of likely N-dealkylation sites (N-methyl/N-ethyl adjacent to an activating group) is 1. The van der Waals surface area contributed by atoms with E-state index in [1.165, 1.54) is 40.0 Å². The second kappa shape index (κ2) is 13.7. The summed E-state index contributed by atoms with van der Waals surface area (Å²) < 4.78 is 36.2. The van der Waals surface area contributed by atoms with Crippen molar-refractivity contribution in [3.63, 3.8) is 0 Å². The van der Waals surface area contributed by atoms with E-state index in [0.29, 0.717) is 11.1 Å². The SMILES string of the molecule is CN=Cc1c(C)cccc1C.CNC1=CCC(C)(C)C=C1.FC(F)(F)c1ccc(NC=S)cc1. The summed E-state index contributed by atoms with van der Waals surface area (Å²) >= 11 is 4.48. The molecule has 0 saturated carbocycles. The first-order chi connectivity index (χ1) is 15.9. The van der Waals surface area contributed by atoms with Crippen LogP contribution in [0.5, 0.6) is 0 Å². The summed E-state index contributed by atoms with van der Waals surface area (Å²) in [5.74, 6) is 0. The number of rotatable bonds is 4. The Bertz CT molecular complexity index is 985. The van der Waals surface area contributed by atoms with E-state index < -0.39 is 11.7 Å². The maximum Gasteiger partial charge on any atom is 0.416 e. The molecule has 1 aliphatic carbocycles. The van der Waals surface area contributed by atoms with Crippen LogP contribution in [-0.4, -0.2) is 25.8 Å². The molecule has 0 atom stereocenters. The highest BCUT2D eigenvalue weighted by Gasteiger charge is 2.29. The maximum atomic E-state index is 12.1. The molecular weight excluding hydrogens is 455 g/mol. The van der Waals surface area contributed by atoms with Gasteiger partial charge in [-0.2, -0.15) is 13.2 Å². The lowest BCUT2D eigenvalue weighted by atomic mass is 9.85. The molecule has 3 nitrogen and oxygen atoms in total. The van der Waals surface area contributed by atoms with Gasteiger partial charge in [0.2, 0.25) is 0 Å². The van der Waals surface area contributed by atoms with Gasteiger partial charge < -0.3 is 10.6 Å². The number of aliphatic imine (C=N–C) groups is 1. The van der Waals surface area contributed by atoms with Crippen LogP contribution in [0.2, 0.25) is 0 Å². The monoisotopic (exact) mass is 489 g/mol. The smallest absolute Gasteiger partial charge is 0.388 e. The third-order valence-corrected chi connectivity index (χ3v) is 5.21. The average Bonchev–Trinajstić information content (AvgIpc) is 2.77. The van der Waals surface area contributed by atoms with Gasteiger partial charge >= 0.3 is 6.18 Å². The number of thiocarbonyl (C=S) groups is 1. The summed E-state index contributed by atoms with van der Waals surface area (Å²) in [5.41, 5.74) is 6.54. The fourth-order valence-electron chi connectivity index (χ4n) is 2.99. The fraction of sp³-hybridized carbons (Fsp3) is 0.333. The van der Waals surface area contributed by atoms with E-state index in [-0.39, 0.29) is 0 Å². The van der Waals surface area contributed by atoms with Crippen molar-refractivity contribution in [2.45, 2.75) is 40.3 Å². The van der Waals surface area contributed by atoms with Gasteiger partial charge in [-0.25, -0.2) is 0 Å². The molecule has 0 saturated heterocycles. The van der Waals surface area contributed by atoms with Gasteiger partial charge in [0, 0.05) is 31.7 Å². The van der Waals surface area contributed by atoms with Crippen molar-refractivity contribution in [3.8, 4) is 0 Å². The molecule has 0 heterocycles. The fourth-order valence-corrected chi connectivity index (χ4v) is 3.13. The van der Waals surface area contributed by atoms with Crippen LogP contribution in [0.25, 0.3) is 0 Å². The first-order valence-electron chi connectivity index (χ1n) is 10.9. The molecule has 0 aliphatic heterocycles. The molecule has 0 radical (unpaired) electrons. The lowest BCUT2D eigenvalue weighted by molar-refractivity contribution is -0.137. The van der Waals surface area contributed by atoms with E-state index in [1.54, 1.807) is 7.05 Å². The third kappa shape index (κ3) is 10.3. The van der Waals surface area contributed by atoms with E-state index in [0.717, 1.165) is 18.6 Å². The van der Waals surface area contributed by atoms with Gasteiger partial charge in [-0.05, 0) is 72.7 Å². The highest BCUT2D eigenvalue weighted by atomic mass is 32.1. The first-order valence-corrected chi connectivity index (χ1v) is 11.3. The predicted octanol–water partition coefficient (Wildman–Crippen LogP) is 7.50. The number of anilines is 1. The molecule has 184 valence electrons. The molecule has 0 bridgehead atoms.